The Morgan fingerprint density at radius 1 is 1.19 bits per heavy atom. The fourth-order valence-corrected chi connectivity index (χ4v) is 3.29. The van der Waals surface area contributed by atoms with Crippen LogP contribution in [-0.4, -0.2) is 41.5 Å². The third-order valence-corrected chi connectivity index (χ3v) is 4.92. The average Bonchev–Trinajstić information content (AvgIpc) is 3.09. The molecule has 1 aromatic heterocycles. The zero-order chi connectivity index (χ0) is 18.8. The molecular weight excluding hydrogens is 344 g/mol. The van der Waals surface area contributed by atoms with Gasteiger partial charge in [0.15, 0.2) is 5.78 Å². The van der Waals surface area contributed by atoms with Crippen LogP contribution in [0.1, 0.15) is 22.3 Å². The molecule has 1 saturated heterocycles. The van der Waals surface area contributed by atoms with Crippen LogP contribution in [0.2, 0.25) is 0 Å². The van der Waals surface area contributed by atoms with Gasteiger partial charge in [0.2, 0.25) is 0 Å². The molecule has 4 rings (SSSR count). The SMILES string of the molecule is COc1ccc2[nH]cc(C(=O)C3CCN3C(=O)OCc3ccccc3)c2c1. The van der Waals surface area contributed by atoms with E-state index in [0.717, 1.165) is 16.5 Å². The Kier molecular flexibility index (Phi) is 4.54. The van der Waals surface area contributed by atoms with Gasteiger partial charge in [0.1, 0.15) is 18.4 Å². The molecular formula is C21H20N2O4. The summed E-state index contributed by atoms with van der Waals surface area (Å²) < 4.78 is 10.6. The van der Waals surface area contributed by atoms with Crippen molar-refractivity contribution in [3.8, 4) is 5.75 Å². The summed E-state index contributed by atoms with van der Waals surface area (Å²) in [6.07, 6.45) is 1.87. The summed E-state index contributed by atoms with van der Waals surface area (Å²) in [4.78, 5) is 29.9. The first-order valence-electron chi connectivity index (χ1n) is 8.84. The van der Waals surface area contributed by atoms with E-state index in [0.29, 0.717) is 24.3 Å². The van der Waals surface area contributed by atoms with E-state index in [2.05, 4.69) is 4.98 Å². The number of amides is 1. The van der Waals surface area contributed by atoms with Crippen LogP contribution in [0.15, 0.2) is 54.7 Å². The van der Waals surface area contributed by atoms with Gasteiger partial charge >= 0.3 is 6.09 Å². The quantitative estimate of drug-likeness (QED) is 0.700. The minimum atomic E-state index is -0.488. The lowest BCUT2D eigenvalue weighted by Crippen LogP contribution is -2.55. The third-order valence-electron chi connectivity index (χ3n) is 4.92. The number of methoxy groups -OCH3 is 1. The molecule has 138 valence electrons. The molecule has 6 heteroatoms. The van der Waals surface area contributed by atoms with E-state index in [4.69, 9.17) is 9.47 Å². The van der Waals surface area contributed by atoms with Gasteiger partial charge in [-0.15, -0.1) is 0 Å². The van der Waals surface area contributed by atoms with E-state index in [1.54, 1.807) is 13.3 Å². The third kappa shape index (κ3) is 3.26. The van der Waals surface area contributed by atoms with Gasteiger partial charge < -0.3 is 14.5 Å². The predicted molar refractivity (Wildman–Crippen MR) is 101 cm³/mol. The van der Waals surface area contributed by atoms with E-state index < -0.39 is 12.1 Å². The number of ketones is 1. The number of hydrogen-bond donors (Lipinski definition) is 1. The Hall–Kier alpha value is -3.28. The normalized spacial score (nSPS) is 16.0. The van der Waals surface area contributed by atoms with E-state index in [1.807, 2.05) is 48.5 Å². The zero-order valence-electron chi connectivity index (χ0n) is 15.0. The van der Waals surface area contributed by atoms with Gasteiger partial charge in [-0.1, -0.05) is 30.3 Å². The van der Waals surface area contributed by atoms with E-state index in [9.17, 15) is 9.59 Å². The molecule has 1 N–H and O–H groups in total. The summed E-state index contributed by atoms with van der Waals surface area (Å²) in [5.41, 5.74) is 2.34. The topological polar surface area (TPSA) is 71.6 Å². The van der Waals surface area contributed by atoms with Gasteiger partial charge in [-0.05, 0) is 30.2 Å². The van der Waals surface area contributed by atoms with Crippen molar-refractivity contribution in [2.45, 2.75) is 19.1 Å². The molecule has 0 saturated carbocycles. The van der Waals surface area contributed by atoms with E-state index in [1.165, 1.54) is 4.90 Å². The Balaban J connectivity index is 1.47. The lowest BCUT2D eigenvalue weighted by molar-refractivity contribution is 0.0383. The standard InChI is InChI=1S/C21H20N2O4/c1-26-15-7-8-18-16(11-15)17(12-22-18)20(24)19-9-10-23(19)21(25)27-13-14-5-3-2-4-6-14/h2-8,11-12,19,22H,9-10,13H2,1H3. The zero-order valence-corrected chi connectivity index (χ0v) is 15.0. The number of benzene rings is 2. The number of aromatic nitrogens is 1. The lowest BCUT2D eigenvalue weighted by atomic mass is 9.94. The maximum Gasteiger partial charge on any atom is 0.410 e. The van der Waals surface area contributed by atoms with E-state index in [-0.39, 0.29) is 12.4 Å². The Morgan fingerprint density at radius 2 is 2.00 bits per heavy atom. The van der Waals surface area contributed by atoms with Gasteiger partial charge in [-0.25, -0.2) is 4.79 Å². The van der Waals surface area contributed by atoms with Gasteiger partial charge in [-0.2, -0.15) is 0 Å². The highest BCUT2D eigenvalue weighted by molar-refractivity contribution is 6.11. The highest BCUT2D eigenvalue weighted by Gasteiger charge is 2.39. The average molecular weight is 364 g/mol. The summed E-state index contributed by atoms with van der Waals surface area (Å²) in [5, 5.41) is 0.795. The number of Topliss-reactive ketones (excluding diaryl/α,β-unsaturated/α-hetero) is 1. The van der Waals surface area contributed by atoms with E-state index >= 15 is 0 Å². The second kappa shape index (κ2) is 7.15. The second-order valence-electron chi connectivity index (χ2n) is 6.52. The minimum absolute atomic E-state index is 0.0857. The minimum Gasteiger partial charge on any atom is -0.497 e. The molecule has 27 heavy (non-hydrogen) atoms. The van der Waals surface area contributed by atoms with Crippen molar-refractivity contribution < 1.29 is 19.1 Å². The van der Waals surface area contributed by atoms with Crippen molar-refractivity contribution in [1.29, 1.82) is 0 Å². The predicted octanol–water partition coefficient (Wildman–Crippen LogP) is 3.77. The molecule has 2 heterocycles. The highest BCUT2D eigenvalue weighted by Crippen LogP contribution is 2.29. The number of nitrogens with zero attached hydrogens (tertiary/aromatic N) is 1. The molecule has 0 bridgehead atoms. The maximum absolute atomic E-state index is 13.0. The summed E-state index contributed by atoms with van der Waals surface area (Å²) in [6, 6.07) is 14.5. The van der Waals surface area contributed by atoms with Crippen molar-refractivity contribution in [1.82, 2.24) is 9.88 Å². The van der Waals surface area contributed by atoms with Crippen LogP contribution in [0.4, 0.5) is 4.79 Å². The van der Waals surface area contributed by atoms with Gasteiger partial charge in [0.25, 0.3) is 0 Å². The number of likely N-dealkylation sites (tertiary alicyclic amines) is 1. The van der Waals surface area contributed by atoms with Crippen LogP contribution in [0.25, 0.3) is 10.9 Å². The molecule has 1 fully saturated rings. The van der Waals surface area contributed by atoms with Crippen molar-refractivity contribution in [2.24, 2.45) is 0 Å². The summed E-state index contributed by atoms with van der Waals surface area (Å²) in [7, 11) is 1.59. The number of fused-ring (bicyclic) bond motifs is 1. The number of carbonyl (C=O) groups excluding carboxylic acids is 2. The van der Waals surface area contributed by atoms with Crippen LogP contribution in [-0.2, 0) is 11.3 Å². The number of H-pyrrole nitrogens is 1. The second-order valence-corrected chi connectivity index (χ2v) is 6.52. The molecule has 1 aliphatic heterocycles. The van der Waals surface area contributed by atoms with Gasteiger partial charge in [0.05, 0.1) is 7.11 Å². The summed E-state index contributed by atoms with van der Waals surface area (Å²) >= 11 is 0. The molecule has 1 unspecified atom stereocenters. The van der Waals surface area contributed by atoms with Crippen molar-refractivity contribution in [2.75, 3.05) is 13.7 Å². The van der Waals surface area contributed by atoms with Crippen LogP contribution in [0.3, 0.4) is 0 Å². The van der Waals surface area contributed by atoms with Crippen LogP contribution in [0.5, 0.6) is 5.75 Å². The highest BCUT2D eigenvalue weighted by atomic mass is 16.6. The molecule has 6 nitrogen and oxygen atoms in total. The fraction of sp³-hybridized carbons (Fsp3) is 0.238. The van der Waals surface area contributed by atoms with Crippen molar-refractivity contribution in [3.05, 3.63) is 65.9 Å². The monoisotopic (exact) mass is 364 g/mol. The molecule has 1 atom stereocenters. The van der Waals surface area contributed by atoms with Crippen molar-refractivity contribution >= 4 is 22.8 Å². The number of carbonyl (C=O) groups is 2. The summed E-state index contributed by atoms with van der Waals surface area (Å²) in [5.74, 6) is 0.598. The van der Waals surface area contributed by atoms with Gasteiger partial charge in [0, 0.05) is 29.2 Å². The first-order valence-corrected chi connectivity index (χ1v) is 8.84. The van der Waals surface area contributed by atoms with Crippen LogP contribution in [0, 0.1) is 0 Å². The van der Waals surface area contributed by atoms with Gasteiger partial charge in [-0.3, -0.25) is 9.69 Å². The Labute approximate surface area is 156 Å². The van der Waals surface area contributed by atoms with Crippen LogP contribution < -0.4 is 4.74 Å². The molecule has 3 aromatic rings. The fourth-order valence-electron chi connectivity index (χ4n) is 3.29. The van der Waals surface area contributed by atoms with Crippen molar-refractivity contribution in [3.63, 3.8) is 0 Å². The Morgan fingerprint density at radius 3 is 2.70 bits per heavy atom. The number of ether oxygens (including phenoxy) is 2. The molecule has 0 spiro atoms. The number of aromatic amines is 1. The molecule has 1 amide bonds. The number of nitrogens with one attached hydrogen (secondary N) is 1. The first-order chi connectivity index (χ1) is 13.2. The molecule has 1 aliphatic rings. The lowest BCUT2D eigenvalue weighted by Gasteiger charge is -2.38. The Bertz CT molecular complexity index is 980. The largest absolute Gasteiger partial charge is 0.497 e. The summed E-state index contributed by atoms with van der Waals surface area (Å²) in [6.45, 7) is 0.719. The molecule has 0 aliphatic carbocycles. The molecule has 2 aromatic carbocycles. The maximum atomic E-state index is 13.0. The number of hydrogen-bond acceptors (Lipinski definition) is 4. The van der Waals surface area contributed by atoms with Crippen LogP contribution >= 0.6 is 0 Å². The molecule has 0 radical (unpaired) electrons. The smallest absolute Gasteiger partial charge is 0.410 e. The number of rotatable bonds is 5. The first kappa shape index (κ1) is 17.1.